The van der Waals surface area contributed by atoms with Gasteiger partial charge in [-0.25, -0.2) is 0 Å². The molecule has 0 saturated carbocycles. The van der Waals surface area contributed by atoms with E-state index in [0.717, 1.165) is 30.5 Å². The number of halogens is 1. The number of benzene rings is 1. The lowest BCUT2D eigenvalue weighted by Gasteiger charge is -2.39. The first-order valence-corrected chi connectivity index (χ1v) is 8.18. The lowest BCUT2D eigenvalue weighted by molar-refractivity contribution is -0.145. The van der Waals surface area contributed by atoms with Crippen molar-refractivity contribution in [2.24, 2.45) is 0 Å². The molecule has 0 radical (unpaired) electrons. The van der Waals surface area contributed by atoms with E-state index < -0.39 is 12.0 Å². The quantitative estimate of drug-likeness (QED) is 0.927. The van der Waals surface area contributed by atoms with Crippen LogP contribution in [-0.2, 0) is 4.79 Å². The number of aliphatic carboxylic acids is 1. The normalized spacial score (nSPS) is 20.1. The maximum atomic E-state index is 11.7. The Morgan fingerprint density at radius 2 is 2.00 bits per heavy atom. The van der Waals surface area contributed by atoms with Gasteiger partial charge in [-0.1, -0.05) is 36.2 Å². The first-order valence-electron chi connectivity index (χ1n) is 7.81. The average molecular weight is 331 g/mol. The molecule has 1 N–H and O–H groups in total. The number of carboxylic acid groups (broad SMARTS) is 1. The topological polar surface area (TPSA) is 53.4 Å². The zero-order chi connectivity index (χ0) is 16.2. The highest BCUT2D eigenvalue weighted by molar-refractivity contribution is 6.30. The summed E-state index contributed by atoms with van der Waals surface area (Å²) in [6.07, 6.45) is 6.18. The molecule has 1 aliphatic rings. The monoisotopic (exact) mass is 330 g/mol. The fourth-order valence-corrected chi connectivity index (χ4v) is 3.41. The van der Waals surface area contributed by atoms with Crippen LogP contribution in [0.1, 0.15) is 36.4 Å². The van der Waals surface area contributed by atoms with Crippen LogP contribution in [-0.4, -0.2) is 33.5 Å². The molecule has 2 atom stereocenters. The zero-order valence-electron chi connectivity index (χ0n) is 12.7. The second-order valence-corrected chi connectivity index (χ2v) is 6.26. The van der Waals surface area contributed by atoms with Gasteiger partial charge in [0.2, 0.25) is 0 Å². The van der Waals surface area contributed by atoms with Crippen molar-refractivity contribution in [2.45, 2.75) is 31.3 Å². The highest BCUT2D eigenvalue weighted by Crippen LogP contribution is 2.34. The number of aromatic nitrogens is 1. The Balaban J connectivity index is 2.04. The second-order valence-electron chi connectivity index (χ2n) is 5.83. The van der Waals surface area contributed by atoms with Crippen molar-refractivity contribution in [1.82, 2.24) is 9.88 Å². The van der Waals surface area contributed by atoms with Crippen LogP contribution in [0, 0.1) is 0 Å². The predicted molar refractivity (Wildman–Crippen MR) is 89.5 cm³/mol. The Morgan fingerprint density at radius 1 is 1.22 bits per heavy atom. The van der Waals surface area contributed by atoms with Crippen LogP contribution in [0.2, 0.25) is 5.02 Å². The van der Waals surface area contributed by atoms with Crippen molar-refractivity contribution in [3.05, 3.63) is 64.9 Å². The van der Waals surface area contributed by atoms with Crippen LogP contribution < -0.4 is 0 Å². The minimum atomic E-state index is -0.757. The van der Waals surface area contributed by atoms with Gasteiger partial charge in [-0.15, -0.1) is 0 Å². The molecular formula is C18H19ClN2O2. The van der Waals surface area contributed by atoms with Crippen molar-refractivity contribution in [2.75, 3.05) is 6.54 Å². The van der Waals surface area contributed by atoms with Gasteiger partial charge in [-0.2, -0.15) is 0 Å². The van der Waals surface area contributed by atoms with E-state index in [1.165, 1.54) is 0 Å². The number of pyridine rings is 1. The molecule has 23 heavy (non-hydrogen) atoms. The molecule has 2 heterocycles. The van der Waals surface area contributed by atoms with Crippen LogP contribution in [0.15, 0.2) is 48.8 Å². The predicted octanol–water partition coefficient (Wildman–Crippen LogP) is 3.76. The summed E-state index contributed by atoms with van der Waals surface area (Å²) in [5.41, 5.74) is 2.04. The Hall–Kier alpha value is -1.91. The van der Waals surface area contributed by atoms with E-state index in [0.29, 0.717) is 11.4 Å². The number of rotatable bonds is 4. The zero-order valence-corrected chi connectivity index (χ0v) is 13.5. The average Bonchev–Trinajstić information content (AvgIpc) is 2.58. The van der Waals surface area contributed by atoms with Crippen LogP contribution in [0.5, 0.6) is 0 Å². The van der Waals surface area contributed by atoms with Gasteiger partial charge in [0.15, 0.2) is 0 Å². The van der Waals surface area contributed by atoms with Crippen molar-refractivity contribution in [1.29, 1.82) is 0 Å². The number of piperidine rings is 1. The van der Waals surface area contributed by atoms with Crippen LogP contribution in [0.4, 0.5) is 0 Å². The number of hydrogen-bond acceptors (Lipinski definition) is 3. The molecule has 2 aromatic rings. The summed E-state index contributed by atoms with van der Waals surface area (Å²) < 4.78 is 0. The molecule has 1 aromatic heterocycles. The van der Waals surface area contributed by atoms with Gasteiger partial charge >= 0.3 is 5.97 Å². The van der Waals surface area contributed by atoms with E-state index in [1.54, 1.807) is 6.20 Å². The standard InChI is InChI=1S/C18H19ClN2O2/c19-15-8-6-13(7-9-15)17(14-4-3-10-20-12-14)21-11-2-1-5-16(21)18(22)23/h3-4,6-10,12,16-17H,1-2,5,11H2,(H,22,23). The molecule has 0 spiro atoms. The minimum absolute atomic E-state index is 0.123. The first kappa shape index (κ1) is 16.0. The summed E-state index contributed by atoms with van der Waals surface area (Å²) in [6, 6.07) is 10.9. The van der Waals surface area contributed by atoms with E-state index >= 15 is 0 Å². The number of nitrogens with zero attached hydrogens (tertiary/aromatic N) is 2. The van der Waals surface area contributed by atoms with Gasteiger partial charge in [-0.05, 0) is 48.7 Å². The minimum Gasteiger partial charge on any atom is -0.480 e. The van der Waals surface area contributed by atoms with E-state index in [2.05, 4.69) is 9.88 Å². The van der Waals surface area contributed by atoms with E-state index in [4.69, 9.17) is 11.6 Å². The number of hydrogen-bond donors (Lipinski definition) is 1. The lowest BCUT2D eigenvalue weighted by Crippen LogP contribution is -2.46. The third-order valence-corrected chi connectivity index (χ3v) is 4.60. The number of carbonyl (C=O) groups is 1. The van der Waals surface area contributed by atoms with Gasteiger partial charge in [0.1, 0.15) is 6.04 Å². The van der Waals surface area contributed by atoms with Crippen molar-refractivity contribution in [3.8, 4) is 0 Å². The third kappa shape index (κ3) is 3.54. The molecule has 5 heteroatoms. The van der Waals surface area contributed by atoms with Gasteiger partial charge < -0.3 is 5.11 Å². The Morgan fingerprint density at radius 3 is 2.65 bits per heavy atom. The van der Waals surface area contributed by atoms with Gasteiger partial charge in [-0.3, -0.25) is 14.7 Å². The molecule has 4 nitrogen and oxygen atoms in total. The molecule has 1 aromatic carbocycles. The molecule has 1 aliphatic heterocycles. The SMILES string of the molecule is O=C(O)C1CCCCN1C(c1ccc(Cl)cc1)c1cccnc1. The molecule has 1 fully saturated rings. The summed E-state index contributed by atoms with van der Waals surface area (Å²) in [7, 11) is 0. The van der Waals surface area contributed by atoms with Crippen LogP contribution >= 0.6 is 11.6 Å². The molecule has 120 valence electrons. The van der Waals surface area contributed by atoms with Gasteiger partial charge in [0.05, 0.1) is 6.04 Å². The third-order valence-electron chi connectivity index (χ3n) is 4.35. The second kappa shape index (κ2) is 7.11. The summed E-state index contributed by atoms with van der Waals surface area (Å²) in [5.74, 6) is -0.757. The lowest BCUT2D eigenvalue weighted by atomic mass is 9.92. The summed E-state index contributed by atoms with van der Waals surface area (Å²) >= 11 is 6.01. The number of carboxylic acids is 1. The van der Waals surface area contributed by atoms with Gasteiger partial charge in [0, 0.05) is 17.4 Å². The molecule has 2 unspecified atom stereocenters. The summed E-state index contributed by atoms with van der Waals surface area (Å²) in [4.78, 5) is 18.0. The largest absolute Gasteiger partial charge is 0.480 e. The number of likely N-dealkylation sites (tertiary alicyclic amines) is 1. The highest BCUT2D eigenvalue weighted by atomic mass is 35.5. The Bertz CT molecular complexity index is 660. The van der Waals surface area contributed by atoms with Gasteiger partial charge in [0.25, 0.3) is 0 Å². The van der Waals surface area contributed by atoms with Crippen molar-refractivity contribution < 1.29 is 9.90 Å². The molecule has 0 amide bonds. The molecule has 0 aliphatic carbocycles. The van der Waals surface area contributed by atoms with Crippen LogP contribution in [0.3, 0.4) is 0 Å². The van der Waals surface area contributed by atoms with Crippen molar-refractivity contribution >= 4 is 17.6 Å². The first-order chi connectivity index (χ1) is 11.2. The Labute approximate surface area is 140 Å². The fourth-order valence-electron chi connectivity index (χ4n) is 3.29. The van der Waals surface area contributed by atoms with E-state index in [-0.39, 0.29) is 6.04 Å². The molecule has 1 saturated heterocycles. The molecular weight excluding hydrogens is 312 g/mol. The molecule has 3 rings (SSSR count). The fraction of sp³-hybridized carbons (Fsp3) is 0.333. The van der Waals surface area contributed by atoms with Crippen molar-refractivity contribution in [3.63, 3.8) is 0 Å². The maximum Gasteiger partial charge on any atom is 0.320 e. The smallest absolute Gasteiger partial charge is 0.320 e. The summed E-state index contributed by atoms with van der Waals surface area (Å²) in [5, 5.41) is 10.3. The molecule has 0 bridgehead atoms. The van der Waals surface area contributed by atoms with E-state index in [1.807, 2.05) is 42.6 Å². The Kier molecular flexibility index (Phi) is 4.94. The highest BCUT2D eigenvalue weighted by Gasteiger charge is 2.35. The maximum absolute atomic E-state index is 11.7. The van der Waals surface area contributed by atoms with Crippen LogP contribution in [0.25, 0.3) is 0 Å². The summed E-state index contributed by atoms with van der Waals surface area (Å²) in [6.45, 7) is 0.763. The van der Waals surface area contributed by atoms with E-state index in [9.17, 15) is 9.90 Å².